The number of hydrogen-bond donors (Lipinski definition) is 0. The summed E-state index contributed by atoms with van der Waals surface area (Å²) in [6, 6.07) is 8.16. The molecule has 0 saturated heterocycles. The molecular weight excluding hydrogens is 196 g/mol. The van der Waals surface area contributed by atoms with Gasteiger partial charge in [-0.1, -0.05) is 38.3 Å². The van der Waals surface area contributed by atoms with Crippen LogP contribution in [0.1, 0.15) is 46.0 Å². The van der Waals surface area contributed by atoms with Crippen molar-refractivity contribution < 1.29 is 0 Å². The number of hydrogen-bond acceptors (Lipinski definition) is 2. The van der Waals surface area contributed by atoms with E-state index in [2.05, 4.69) is 26.0 Å². The maximum absolute atomic E-state index is 4.71. The zero-order valence-corrected chi connectivity index (χ0v) is 10.2. The summed E-state index contributed by atoms with van der Waals surface area (Å²) in [5.41, 5.74) is -0.197. The van der Waals surface area contributed by atoms with Crippen molar-refractivity contribution >= 4 is 0 Å². The summed E-state index contributed by atoms with van der Waals surface area (Å²) >= 11 is 0. The number of benzene rings is 1. The van der Waals surface area contributed by atoms with Crippen molar-refractivity contribution in [2.45, 2.75) is 51.6 Å². The molecule has 0 atom stereocenters. The first-order chi connectivity index (χ1) is 7.73. The van der Waals surface area contributed by atoms with E-state index in [-0.39, 0.29) is 5.66 Å². The molecule has 0 spiro atoms. The van der Waals surface area contributed by atoms with Crippen molar-refractivity contribution in [1.29, 1.82) is 0 Å². The first-order valence-electron chi connectivity index (χ1n) is 6.28. The minimum absolute atomic E-state index is 0.197. The normalized spacial score (nSPS) is 16.4. The highest BCUT2D eigenvalue weighted by Crippen LogP contribution is 2.21. The Bertz CT molecular complexity index is 427. The highest BCUT2D eigenvalue weighted by Gasteiger charge is 2.23. The van der Waals surface area contributed by atoms with E-state index in [4.69, 9.17) is 9.98 Å². The third-order valence-electron chi connectivity index (χ3n) is 3.11. The molecule has 1 aromatic rings. The van der Waals surface area contributed by atoms with E-state index in [1.54, 1.807) is 0 Å². The van der Waals surface area contributed by atoms with Crippen molar-refractivity contribution in [2.75, 3.05) is 0 Å². The van der Waals surface area contributed by atoms with Crippen LogP contribution in [0.15, 0.2) is 34.3 Å². The summed E-state index contributed by atoms with van der Waals surface area (Å²) in [6.07, 6.45) is 6.20. The van der Waals surface area contributed by atoms with E-state index < -0.39 is 0 Å². The third kappa shape index (κ3) is 2.49. The summed E-state index contributed by atoms with van der Waals surface area (Å²) in [5, 5.41) is 2.11. The summed E-state index contributed by atoms with van der Waals surface area (Å²) in [4.78, 5) is 9.43. The molecule has 0 aliphatic carbocycles. The van der Waals surface area contributed by atoms with Gasteiger partial charge in [-0.15, -0.1) is 0 Å². The fourth-order valence-electron chi connectivity index (χ4n) is 2.20. The van der Waals surface area contributed by atoms with Gasteiger partial charge < -0.3 is 0 Å². The lowest BCUT2D eigenvalue weighted by atomic mass is 10.0. The Hall–Kier alpha value is -1.18. The molecule has 1 aliphatic rings. The van der Waals surface area contributed by atoms with Crippen LogP contribution in [0.4, 0.5) is 0 Å². The second-order valence-corrected chi connectivity index (χ2v) is 4.74. The van der Waals surface area contributed by atoms with Gasteiger partial charge in [0.25, 0.3) is 0 Å². The van der Waals surface area contributed by atoms with Crippen LogP contribution in [0.2, 0.25) is 0 Å². The monoisotopic (exact) mass is 216 g/mol. The Morgan fingerprint density at radius 2 is 1.62 bits per heavy atom. The highest BCUT2D eigenvalue weighted by atomic mass is 15.1. The first-order valence-corrected chi connectivity index (χ1v) is 6.28. The molecule has 0 N–H and O–H groups in total. The summed E-state index contributed by atoms with van der Waals surface area (Å²) in [7, 11) is 0. The van der Waals surface area contributed by atoms with E-state index in [1.807, 2.05) is 12.1 Å². The molecule has 2 rings (SSSR count). The molecule has 0 saturated carbocycles. The van der Waals surface area contributed by atoms with E-state index in [0.29, 0.717) is 0 Å². The van der Waals surface area contributed by atoms with Gasteiger partial charge in [-0.25, -0.2) is 0 Å². The first kappa shape index (κ1) is 11.3. The van der Waals surface area contributed by atoms with Crippen LogP contribution < -0.4 is 10.7 Å². The minimum atomic E-state index is -0.197. The van der Waals surface area contributed by atoms with Gasteiger partial charge in [-0.2, -0.15) is 0 Å². The zero-order valence-electron chi connectivity index (χ0n) is 10.2. The van der Waals surface area contributed by atoms with E-state index >= 15 is 0 Å². The van der Waals surface area contributed by atoms with Gasteiger partial charge in [0.15, 0.2) is 0 Å². The molecule has 1 aromatic carbocycles. The third-order valence-corrected chi connectivity index (χ3v) is 3.11. The van der Waals surface area contributed by atoms with Crippen molar-refractivity contribution in [2.24, 2.45) is 9.98 Å². The number of nitrogens with zero attached hydrogens (tertiary/aromatic N) is 2. The van der Waals surface area contributed by atoms with Gasteiger partial charge in [-0.3, -0.25) is 9.98 Å². The molecule has 0 aromatic heterocycles. The Morgan fingerprint density at radius 1 is 1.00 bits per heavy atom. The molecule has 0 bridgehead atoms. The van der Waals surface area contributed by atoms with Crippen LogP contribution in [-0.2, 0) is 0 Å². The smallest absolute Gasteiger partial charge is 0.148 e. The molecule has 2 heteroatoms. The van der Waals surface area contributed by atoms with Crippen LogP contribution in [0.25, 0.3) is 0 Å². The Kier molecular flexibility index (Phi) is 3.37. The van der Waals surface area contributed by atoms with Crippen molar-refractivity contribution in [3.8, 4) is 0 Å². The van der Waals surface area contributed by atoms with Crippen molar-refractivity contribution in [3.63, 3.8) is 0 Å². The molecule has 1 aliphatic heterocycles. The Morgan fingerprint density at radius 3 is 2.19 bits per heavy atom. The quantitative estimate of drug-likeness (QED) is 0.676. The molecule has 86 valence electrons. The topological polar surface area (TPSA) is 24.7 Å². The lowest BCUT2D eigenvalue weighted by Crippen LogP contribution is -2.19. The molecule has 0 unspecified atom stereocenters. The lowest BCUT2D eigenvalue weighted by Gasteiger charge is -2.16. The zero-order chi connectivity index (χ0) is 11.4. The van der Waals surface area contributed by atoms with Gasteiger partial charge in [0.05, 0.1) is 10.7 Å². The number of rotatable bonds is 5. The molecule has 0 fully saturated rings. The number of unbranched alkanes of at least 4 members (excludes halogenated alkanes) is 3. The second kappa shape index (κ2) is 4.77. The second-order valence-electron chi connectivity index (χ2n) is 4.74. The lowest BCUT2D eigenvalue weighted by molar-refractivity contribution is 0.426. The molecular formula is C14H20N2. The number of para-hydroxylation sites is 2. The molecule has 1 heterocycles. The van der Waals surface area contributed by atoms with E-state index in [9.17, 15) is 0 Å². The Balaban J connectivity index is 2.04. The largest absolute Gasteiger partial charge is 0.254 e. The Labute approximate surface area is 97.1 Å². The van der Waals surface area contributed by atoms with Crippen LogP contribution in [-0.4, -0.2) is 5.66 Å². The predicted octanol–water partition coefficient (Wildman–Crippen LogP) is 2.63. The molecule has 0 radical (unpaired) electrons. The SMILES string of the molecule is CCCCCCC1(C)N=c2ccccc2=N1. The maximum atomic E-state index is 4.71. The summed E-state index contributed by atoms with van der Waals surface area (Å²) < 4.78 is 0. The summed E-state index contributed by atoms with van der Waals surface area (Å²) in [6.45, 7) is 4.38. The average molecular weight is 216 g/mol. The standard InChI is InChI=1S/C14H20N2/c1-3-4-5-8-11-14(2)15-12-9-6-7-10-13(12)16-14/h6-7,9-10H,3-5,8,11H2,1-2H3. The predicted molar refractivity (Wildman–Crippen MR) is 65.9 cm³/mol. The van der Waals surface area contributed by atoms with Crippen molar-refractivity contribution in [1.82, 2.24) is 0 Å². The highest BCUT2D eigenvalue weighted by molar-refractivity contribution is 5.06. The van der Waals surface area contributed by atoms with Crippen LogP contribution in [0, 0.1) is 0 Å². The molecule has 2 nitrogen and oxygen atoms in total. The maximum Gasteiger partial charge on any atom is 0.148 e. The van der Waals surface area contributed by atoms with Gasteiger partial charge in [0, 0.05) is 0 Å². The average Bonchev–Trinajstić information content (AvgIpc) is 2.61. The van der Waals surface area contributed by atoms with Gasteiger partial charge >= 0.3 is 0 Å². The van der Waals surface area contributed by atoms with Crippen molar-refractivity contribution in [3.05, 3.63) is 35.0 Å². The molecule has 16 heavy (non-hydrogen) atoms. The van der Waals surface area contributed by atoms with Gasteiger partial charge in [0.2, 0.25) is 0 Å². The summed E-state index contributed by atoms with van der Waals surface area (Å²) in [5.74, 6) is 0. The number of fused-ring (bicyclic) bond motifs is 1. The fraction of sp³-hybridized carbons (Fsp3) is 0.571. The molecule has 0 amide bonds. The van der Waals surface area contributed by atoms with Crippen LogP contribution in [0.3, 0.4) is 0 Å². The van der Waals surface area contributed by atoms with Gasteiger partial charge in [0.1, 0.15) is 5.66 Å². The van der Waals surface area contributed by atoms with E-state index in [1.165, 1.54) is 25.7 Å². The van der Waals surface area contributed by atoms with Crippen LogP contribution in [0.5, 0.6) is 0 Å². The fourth-order valence-corrected chi connectivity index (χ4v) is 2.20. The minimum Gasteiger partial charge on any atom is -0.254 e. The van der Waals surface area contributed by atoms with E-state index in [0.717, 1.165) is 17.1 Å². The van der Waals surface area contributed by atoms with Crippen LogP contribution >= 0.6 is 0 Å². The van der Waals surface area contributed by atoms with Gasteiger partial charge in [-0.05, 0) is 31.9 Å².